The van der Waals surface area contributed by atoms with Crippen LogP contribution in [0.1, 0.15) is 32.3 Å². The molecule has 128 valence electrons. The summed E-state index contributed by atoms with van der Waals surface area (Å²) in [5.74, 6) is 1.06. The fourth-order valence-corrected chi connectivity index (χ4v) is 3.15. The maximum atomic E-state index is 4.44. The van der Waals surface area contributed by atoms with Gasteiger partial charge in [-0.05, 0) is 37.4 Å². The number of benzene rings is 1. The van der Waals surface area contributed by atoms with Gasteiger partial charge in [0.2, 0.25) is 0 Å². The van der Waals surface area contributed by atoms with Crippen molar-refractivity contribution in [1.29, 1.82) is 0 Å². The highest BCUT2D eigenvalue weighted by molar-refractivity contribution is 5.80. The van der Waals surface area contributed by atoms with E-state index in [0.29, 0.717) is 5.41 Å². The van der Waals surface area contributed by atoms with Crippen LogP contribution >= 0.6 is 0 Å². The van der Waals surface area contributed by atoms with E-state index in [1.165, 1.54) is 12.0 Å². The number of hydrogen-bond acceptors (Lipinski definition) is 2. The molecule has 0 radical (unpaired) electrons. The topological polar surface area (TPSA) is 30.9 Å². The summed E-state index contributed by atoms with van der Waals surface area (Å²) in [6, 6.07) is 10.6. The Kier molecular flexibility index (Phi) is 6.46. The second kappa shape index (κ2) is 8.34. The molecule has 1 aliphatic heterocycles. The summed E-state index contributed by atoms with van der Waals surface area (Å²) >= 11 is 0. The second-order valence-electron chi connectivity index (χ2n) is 7.39. The van der Waals surface area contributed by atoms with Crippen LogP contribution in [0.15, 0.2) is 35.3 Å². The molecule has 0 bridgehead atoms. The first-order valence-electron chi connectivity index (χ1n) is 8.68. The molecule has 0 aliphatic carbocycles. The van der Waals surface area contributed by atoms with Crippen molar-refractivity contribution in [2.45, 2.75) is 33.2 Å². The Bertz CT molecular complexity index is 495. The molecule has 2 rings (SSSR count). The van der Waals surface area contributed by atoms with E-state index in [1.807, 2.05) is 7.05 Å². The maximum Gasteiger partial charge on any atom is 0.193 e. The monoisotopic (exact) mass is 316 g/mol. The van der Waals surface area contributed by atoms with Crippen molar-refractivity contribution in [3.8, 4) is 0 Å². The Morgan fingerprint density at radius 3 is 2.65 bits per heavy atom. The normalized spacial score (nSPS) is 17.8. The fourth-order valence-electron chi connectivity index (χ4n) is 3.15. The number of rotatable bonds is 6. The Labute approximate surface area is 141 Å². The molecule has 1 N–H and O–H groups in total. The van der Waals surface area contributed by atoms with E-state index in [1.54, 1.807) is 0 Å². The number of aliphatic imine (C=N–C) groups is 1. The zero-order valence-corrected chi connectivity index (χ0v) is 15.2. The van der Waals surface area contributed by atoms with Crippen LogP contribution in [0.3, 0.4) is 0 Å². The number of guanidine groups is 1. The van der Waals surface area contributed by atoms with Crippen LogP contribution in [0.2, 0.25) is 0 Å². The average molecular weight is 316 g/mol. The molecule has 1 aromatic carbocycles. The van der Waals surface area contributed by atoms with Crippen LogP contribution in [0.25, 0.3) is 0 Å². The third-order valence-corrected chi connectivity index (χ3v) is 4.48. The smallest absolute Gasteiger partial charge is 0.193 e. The summed E-state index contributed by atoms with van der Waals surface area (Å²) in [7, 11) is 4.07. The van der Waals surface area contributed by atoms with Gasteiger partial charge in [0.25, 0.3) is 0 Å². The van der Waals surface area contributed by atoms with Gasteiger partial charge < -0.3 is 15.1 Å². The van der Waals surface area contributed by atoms with Crippen LogP contribution in [-0.2, 0) is 6.54 Å². The van der Waals surface area contributed by atoms with Crippen molar-refractivity contribution in [3.63, 3.8) is 0 Å². The molecule has 0 atom stereocenters. The van der Waals surface area contributed by atoms with Gasteiger partial charge in [-0.3, -0.25) is 4.99 Å². The first kappa shape index (κ1) is 17.8. The predicted octanol–water partition coefficient (Wildman–Crippen LogP) is 2.82. The van der Waals surface area contributed by atoms with E-state index in [2.05, 4.69) is 71.3 Å². The summed E-state index contributed by atoms with van der Waals surface area (Å²) < 4.78 is 0. The van der Waals surface area contributed by atoms with Gasteiger partial charge in [0, 0.05) is 33.2 Å². The van der Waals surface area contributed by atoms with E-state index in [-0.39, 0.29) is 0 Å². The number of likely N-dealkylation sites (tertiary alicyclic amines) is 1. The summed E-state index contributed by atoms with van der Waals surface area (Å²) in [6.45, 7) is 9.95. The molecular weight excluding hydrogens is 284 g/mol. The molecule has 1 heterocycles. The lowest BCUT2D eigenvalue weighted by atomic mass is 9.93. The van der Waals surface area contributed by atoms with Crippen LogP contribution in [0.5, 0.6) is 0 Å². The van der Waals surface area contributed by atoms with E-state index >= 15 is 0 Å². The highest BCUT2D eigenvalue weighted by Gasteiger charge is 2.30. The van der Waals surface area contributed by atoms with Gasteiger partial charge in [0.1, 0.15) is 0 Å². The lowest BCUT2D eigenvalue weighted by molar-refractivity contribution is 0.321. The van der Waals surface area contributed by atoms with Crippen molar-refractivity contribution in [2.75, 3.05) is 40.3 Å². The zero-order chi connectivity index (χ0) is 16.7. The van der Waals surface area contributed by atoms with E-state index < -0.39 is 0 Å². The average Bonchev–Trinajstić information content (AvgIpc) is 2.88. The summed E-state index contributed by atoms with van der Waals surface area (Å²) in [6.07, 6.45) is 2.37. The van der Waals surface area contributed by atoms with Crippen LogP contribution in [0.4, 0.5) is 0 Å². The highest BCUT2D eigenvalue weighted by Crippen LogP contribution is 2.28. The quantitative estimate of drug-likeness (QED) is 0.497. The molecular formula is C19H32N4. The second-order valence-corrected chi connectivity index (χ2v) is 7.39. The van der Waals surface area contributed by atoms with Gasteiger partial charge in [-0.15, -0.1) is 0 Å². The van der Waals surface area contributed by atoms with Gasteiger partial charge in [-0.2, -0.15) is 0 Å². The summed E-state index contributed by atoms with van der Waals surface area (Å²) in [5, 5.41) is 3.52. The predicted molar refractivity (Wildman–Crippen MR) is 98.7 cm³/mol. The van der Waals surface area contributed by atoms with Gasteiger partial charge in [0.05, 0.1) is 0 Å². The fraction of sp³-hybridized carbons (Fsp3) is 0.632. The molecule has 1 fully saturated rings. The van der Waals surface area contributed by atoms with Crippen molar-refractivity contribution in [3.05, 3.63) is 35.9 Å². The van der Waals surface area contributed by atoms with Gasteiger partial charge in [-0.25, -0.2) is 0 Å². The standard InChI is InChI=1S/C19H32N4/c1-19(2)11-14-23(16-19)18(20-3)21-12-8-13-22(4)15-17-9-6-5-7-10-17/h5-7,9-10H,8,11-16H2,1-4H3,(H,20,21). The van der Waals surface area contributed by atoms with Gasteiger partial charge in [-0.1, -0.05) is 44.2 Å². The molecule has 1 saturated heterocycles. The van der Waals surface area contributed by atoms with Crippen molar-refractivity contribution in [2.24, 2.45) is 10.4 Å². The first-order valence-corrected chi connectivity index (χ1v) is 8.68. The lowest BCUT2D eigenvalue weighted by Crippen LogP contribution is -2.41. The minimum Gasteiger partial charge on any atom is -0.356 e. The Balaban J connectivity index is 1.66. The Morgan fingerprint density at radius 1 is 1.30 bits per heavy atom. The van der Waals surface area contributed by atoms with E-state index in [9.17, 15) is 0 Å². The largest absolute Gasteiger partial charge is 0.356 e. The van der Waals surface area contributed by atoms with E-state index in [4.69, 9.17) is 0 Å². The van der Waals surface area contributed by atoms with Crippen molar-refractivity contribution in [1.82, 2.24) is 15.1 Å². The molecule has 4 heteroatoms. The molecule has 4 nitrogen and oxygen atoms in total. The minimum absolute atomic E-state index is 0.410. The third-order valence-electron chi connectivity index (χ3n) is 4.48. The molecule has 0 amide bonds. The molecule has 0 spiro atoms. The molecule has 23 heavy (non-hydrogen) atoms. The number of nitrogens with one attached hydrogen (secondary N) is 1. The van der Waals surface area contributed by atoms with Crippen LogP contribution < -0.4 is 5.32 Å². The summed E-state index contributed by atoms with van der Waals surface area (Å²) in [5.41, 5.74) is 1.78. The molecule has 1 aromatic rings. The summed E-state index contributed by atoms with van der Waals surface area (Å²) in [4.78, 5) is 9.19. The first-order chi connectivity index (χ1) is 11.0. The van der Waals surface area contributed by atoms with Crippen molar-refractivity contribution < 1.29 is 0 Å². The number of hydrogen-bond donors (Lipinski definition) is 1. The molecule has 0 unspecified atom stereocenters. The van der Waals surface area contributed by atoms with Gasteiger partial charge >= 0.3 is 0 Å². The third kappa shape index (κ3) is 5.87. The van der Waals surface area contributed by atoms with E-state index in [0.717, 1.165) is 45.1 Å². The Morgan fingerprint density at radius 2 is 2.04 bits per heavy atom. The zero-order valence-electron chi connectivity index (χ0n) is 15.2. The molecule has 1 aliphatic rings. The van der Waals surface area contributed by atoms with Crippen LogP contribution in [0, 0.1) is 5.41 Å². The SMILES string of the molecule is CN=C(NCCCN(C)Cc1ccccc1)N1CCC(C)(C)C1. The molecule has 0 aromatic heterocycles. The maximum absolute atomic E-state index is 4.44. The highest BCUT2D eigenvalue weighted by atomic mass is 15.3. The minimum atomic E-state index is 0.410. The number of nitrogens with zero attached hydrogens (tertiary/aromatic N) is 3. The molecule has 0 saturated carbocycles. The lowest BCUT2D eigenvalue weighted by Gasteiger charge is -2.24. The van der Waals surface area contributed by atoms with Crippen LogP contribution in [-0.4, -0.2) is 56.0 Å². The Hall–Kier alpha value is -1.55. The van der Waals surface area contributed by atoms with Gasteiger partial charge in [0.15, 0.2) is 5.96 Å². The van der Waals surface area contributed by atoms with Crippen molar-refractivity contribution >= 4 is 5.96 Å².